The monoisotopic (exact) mass is 432 g/mol. The number of nitrogens with one attached hydrogen (secondary N) is 1. The van der Waals surface area contributed by atoms with E-state index in [0.29, 0.717) is 10.7 Å². The summed E-state index contributed by atoms with van der Waals surface area (Å²) in [5.41, 5.74) is 0.584. The average molecular weight is 434 g/mol. The second-order valence-electron chi connectivity index (χ2n) is 5.32. The van der Waals surface area contributed by atoms with Gasteiger partial charge in [-0.2, -0.15) is 0 Å². The Morgan fingerprint density at radius 3 is 2.27 bits per heavy atom. The van der Waals surface area contributed by atoms with Crippen LogP contribution in [-0.4, -0.2) is 36.7 Å². The Morgan fingerprint density at radius 1 is 1.04 bits per heavy atom. The van der Waals surface area contributed by atoms with Crippen LogP contribution in [-0.2, 0) is 4.79 Å². The average Bonchev–Trinajstić information content (AvgIpc) is 2.58. The number of hydrogen-bond acceptors (Lipinski definition) is 4. The first-order valence-electron chi connectivity index (χ1n) is 7.32. The van der Waals surface area contributed by atoms with Crippen LogP contribution in [0, 0.1) is 0 Å². The molecule has 0 aromatic heterocycles. The van der Waals surface area contributed by atoms with Crippen LogP contribution in [0.5, 0.6) is 5.75 Å². The summed E-state index contributed by atoms with van der Waals surface area (Å²) in [6, 6.07) is 9.80. The second kappa shape index (κ2) is 9.37. The number of benzene rings is 2. The van der Waals surface area contributed by atoms with E-state index in [1.165, 1.54) is 17.0 Å². The molecule has 0 saturated carbocycles. The van der Waals surface area contributed by atoms with Gasteiger partial charge in [0.1, 0.15) is 5.75 Å². The standard InChI is InChI=1S/C17H15Cl3N2O3S/c1-22(2)17(24)26-11-5-3-10(4-6-11)21-16(23)9-25-15-8-13(19)12(18)7-14(15)20/h3-8H,9H2,1-2H3,(H,21,23). The Labute approximate surface area is 170 Å². The van der Waals surface area contributed by atoms with Crippen LogP contribution in [0.25, 0.3) is 0 Å². The molecule has 0 heterocycles. The van der Waals surface area contributed by atoms with E-state index < -0.39 is 0 Å². The van der Waals surface area contributed by atoms with Crippen molar-refractivity contribution in [3.63, 3.8) is 0 Å². The van der Waals surface area contributed by atoms with Crippen LogP contribution in [0.15, 0.2) is 41.3 Å². The highest BCUT2D eigenvalue weighted by Gasteiger charge is 2.10. The predicted octanol–water partition coefficient (Wildman–Crippen LogP) is 5.44. The summed E-state index contributed by atoms with van der Waals surface area (Å²) < 4.78 is 5.37. The highest BCUT2D eigenvalue weighted by Crippen LogP contribution is 2.33. The predicted molar refractivity (Wildman–Crippen MR) is 107 cm³/mol. The van der Waals surface area contributed by atoms with Crippen LogP contribution in [0.4, 0.5) is 10.5 Å². The van der Waals surface area contributed by atoms with Crippen LogP contribution < -0.4 is 10.1 Å². The molecule has 0 aliphatic rings. The van der Waals surface area contributed by atoms with Gasteiger partial charge in [-0.1, -0.05) is 34.8 Å². The Bertz CT molecular complexity index is 814. The molecule has 138 valence electrons. The van der Waals surface area contributed by atoms with Crippen LogP contribution in [0.2, 0.25) is 15.1 Å². The van der Waals surface area contributed by atoms with Gasteiger partial charge in [-0.05, 0) is 42.1 Å². The molecule has 2 aromatic carbocycles. The van der Waals surface area contributed by atoms with Crippen molar-refractivity contribution in [2.24, 2.45) is 0 Å². The molecule has 0 atom stereocenters. The van der Waals surface area contributed by atoms with E-state index in [0.717, 1.165) is 16.7 Å². The lowest BCUT2D eigenvalue weighted by atomic mass is 10.3. The molecular weight excluding hydrogens is 419 g/mol. The number of rotatable bonds is 5. The molecular formula is C17H15Cl3N2O3S. The minimum atomic E-state index is -0.364. The summed E-state index contributed by atoms with van der Waals surface area (Å²) in [6.07, 6.45) is 0. The zero-order valence-corrected chi connectivity index (χ0v) is 17.0. The van der Waals surface area contributed by atoms with E-state index >= 15 is 0 Å². The maximum absolute atomic E-state index is 12.0. The molecule has 0 fully saturated rings. The molecule has 0 bridgehead atoms. The molecule has 0 unspecified atom stereocenters. The first-order chi connectivity index (χ1) is 12.3. The third kappa shape index (κ3) is 5.99. The van der Waals surface area contributed by atoms with Gasteiger partial charge in [0.2, 0.25) is 0 Å². The van der Waals surface area contributed by atoms with Crippen molar-refractivity contribution < 1.29 is 14.3 Å². The topological polar surface area (TPSA) is 58.6 Å². The zero-order valence-electron chi connectivity index (χ0n) is 13.9. The van der Waals surface area contributed by atoms with E-state index in [1.54, 1.807) is 38.4 Å². The van der Waals surface area contributed by atoms with Gasteiger partial charge in [0, 0.05) is 30.7 Å². The maximum atomic E-state index is 12.0. The van der Waals surface area contributed by atoms with Crippen molar-refractivity contribution in [1.29, 1.82) is 0 Å². The number of ether oxygens (including phenoxy) is 1. The molecule has 26 heavy (non-hydrogen) atoms. The van der Waals surface area contributed by atoms with Crippen molar-refractivity contribution in [2.75, 3.05) is 26.0 Å². The zero-order chi connectivity index (χ0) is 19.3. The van der Waals surface area contributed by atoms with Gasteiger partial charge in [-0.25, -0.2) is 0 Å². The minimum absolute atomic E-state index is 0.0753. The third-order valence-electron chi connectivity index (χ3n) is 3.04. The third-order valence-corrected chi connectivity index (χ3v) is 5.11. The fourth-order valence-electron chi connectivity index (χ4n) is 1.75. The van der Waals surface area contributed by atoms with Crippen LogP contribution >= 0.6 is 46.6 Å². The number of nitrogens with zero attached hydrogens (tertiary/aromatic N) is 1. The Morgan fingerprint density at radius 2 is 1.65 bits per heavy atom. The van der Waals surface area contributed by atoms with E-state index in [2.05, 4.69) is 5.32 Å². The molecule has 0 aliphatic carbocycles. The second-order valence-corrected chi connectivity index (χ2v) is 7.57. The van der Waals surface area contributed by atoms with E-state index in [9.17, 15) is 9.59 Å². The Kier molecular flexibility index (Phi) is 7.46. The molecule has 2 rings (SSSR count). The van der Waals surface area contributed by atoms with Gasteiger partial charge in [0.25, 0.3) is 11.1 Å². The summed E-state index contributed by atoms with van der Waals surface area (Å²) in [4.78, 5) is 25.9. The number of hydrogen-bond donors (Lipinski definition) is 1. The lowest BCUT2D eigenvalue weighted by Crippen LogP contribution is -2.20. The van der Waals surface area contributed by atoms with Crippen molar-refractivity contribution in [3.8, 4) is 5.75 Å². The molecule has 0 radical (unpaired) electrons. The molecule has 0 saturated heterocycles. The molecule has 9 heteroatoms. The number of carbonyl (C=O) groups is 2. The molecule has 0 spiro atoms. The fourth-order valence-corrected chi connectivity index (χ4v) is 3.00. The summed E-state index contributed by atoms with van der Waals surface area (Å²) in [7, 11) is 3.37. The number of halogens is 3. The highest BCUT2D eigenvalue weighted by molar-refractivity contribution is 8.13. The van der Waals surface area contributed by atoms with Gasteiger partial charge >= 0.3 is 0 Å². The molecule has 1 N–H and O–H groups in total. The van der Waals surface area contributed by atoms with E-state index in [-0.39, 0.29) is 33.5 Å². The van der Waals surface area contributed by atoms with Crippen molar-refractivity contribution >= 4 is 63.4 Å². The summed E-state index contributed by atoms with van der Waals surface area (Å²) >= 11 is 18.8. The number of carbonyl (C=O) groups excluding carboxylic acids is 2. The lowest BCUT2D eigenvalue weighted by Gasteiger charge is -2.11. The van der Waals surface area contributed by atoms with Crippen LogP contribution in [0.3, 0.4) is 0 Å². The molecule has 0 aliphatic heterocycles. The first kappa shape index (κ1) is 20.7. The van der Waals surface area contributed by atoms with Gasteiger partial charge < -0.3 is 15.0 Å². The Balaban J connectivity index is 1.90. The van der Waals surface area contributed by atoms with Gasteiger partial charge in [-0.15, -0.1) is 0 Å². The normalized spacial score (nSPS) is 10.3. The molecule has 5 nitrogen and oxygen atoms in total. The largest absolute Gasteiger partial charge is 0.482 e. The minimum Gasteiger partial charge on any atom is -0.482 e. The smallest absolute Gasteiger partial charge is 0.285 e. The van der Waals surface area contributed by atoms with Gasteiger partial charge in [0.05, 0.1) is 15.1 Å². The molecule has 2 aromatic rings. The van der Waals surface area contributed by atoms with Crippen LogP contribution in [0.1, 0.15) is 0 Å². The summed E-state index contributed by atoms with van der Waals surface area (Å²) in [5.74, 6) is -0.0953. The number of thioether (sulfide) groups is 1. The van der Waals surface area contributed by atoms with Gasteiger partial charge in [0.15, 0.2) is 6.61 Å². The number of anilines is 1. The lowest BCUT2D eigenvalue weighted by molar-refractivity contribution is -0.118. The summed E-state index contributed by atoms with van der Waals surface area (Å²) in [5, 5.41) is 3.47. The first-order valence-corrected chi connectivity index (χ1v) is 9.27. The number of amides is 2. The highest BCUT2D eigenvalue weighted by atomic mass is 35.5. The quantitative estimate of drug-likeness (QED) is 0.504. The molecule has 2 amide bonds. The van der Waals surface area contributed by atoms with Gasteiger partial charge in [-0.3, -0.25) is 9.59 Å². The van der Waals surface area contributed by atoms with Crippen molar-refractivity contribution in [1.82, 2.24) is 4.90 Å². The van der Waals surface area contributed by atoms with E-state index in [1.807, 2.05) is 0 Å². The van der Waals surface area contributed by atoms with Crippen molar-refractivity contribution in [3.05, 3.63) is 51.5 Å². The Hall–Kier alpha value is -1.60. The van der Waals surface area contributed by atoms with Crippen molar-refractivity contribution in [2.45, 2.75) is 4.90 Å². The fraction of sp³-hybridized carbons (Fsp3) is 0.176. The maximum Gasteiger partial charge on any atom is 0.285 e. The summed E-state index contributed by atoms with van der Waals surface area (Å²) in [6.45, 7) is -0.243. The SMILES string of the molecule is CN(C)C(=O)Sc1ccc(NC(=O)COc2cc(Cl)c(Cl)cc2Cl)cc1. The van der Waals surface area contributed by atoms with E-state index in [4.69, 9.17) is 39.5 Å².